The molecule has 0 amide bonds. The standard InChI is InChI=1S/2C6H9NO6.4K.Sr/c2*8-4(9)1-7(2-5(10)11)3-6(12)13;;;;;/h2*1-3H2,(H,8,9)(H,10,11)(H,12,13);;;;;/q;;4*+1;+2/p-6. The van der Waals surface area contributed by atoms with E-state index in [1.807, 2.05) is 0 Å². The first kappa shape index (κ1) is 52.2. The average molecular weight is 620 g/mol. The van der Waals surface area contributed by atoms with Gasteiger partial charge >= 0.3 is 251 Å². The molecule has 0 N–H and O–H groups in total. The van der Waals surface area contributed by atoms with Crippen LogP contribution in [0.2, 0.25) is 0 Å². The van der Waals surface area contributed by atoms with Crippen LogP contribution >= 0.6 is 0 Å². The first-order valence-electron chi connectivity index (χ1n) is 6.47. The normalized spacial score (nSPS) is 8.32. The smallest absolute Gasteiger partial charge is 0.549 e. The summed E-state index contributed by atoms with van der Waals surface area (Å²) in [5.74, 6) is -9.40. The molecule has 0 saturated heterocycles. The Bertz CT molecular complexity index is 446. The van der Waals surface area contributed by atoms with Crippen molar-refractivity contribution in [2.24, 2.45) is 0 Å². The third-order valence-electron chi connectivity index (χ3n) is 2.12. The Hall–Kier alpha value is 4.77. The van der Waals surface area contributed by atoms with Crippen molar-refractivity contribution in [2.45, 2.75) is 0 Å². The van der Waals surface area contributed by atoms with Crippen molar-refractivity contribution in [1.82, 2.24) is 9.80 Å². The summed E-state index contributed by atoms with van der Waals surface area (Å²) in [4.78, 5) is 61.2. The fourth-order valence-corrected chi connectivity index (χ4v) is 1.43. The molecule has 0 spiro atoms. The molecular formula is C12H12K4N2O12Sr. The SMILES string of the molecule is O=C([O-])CN(CC(=O)[O-])CC(=O)[O-].O=C([O-])CN(CC(=O)[O-])CC(=O)[O-].[K+].[K+].[K+].[K+].[Sr+2]. The molecule has 0 unspecified atom stereocenters. The van der Waals surface area contributed by atoms with E-state index < -0.39 is 75.1 Å². The first-order chi connectivity index (χ1) is 11.8. The molecule has 0 aliphatic heterocycles. The minimum atomic E-state index is -1.57. The van der Waals surface area contributed by atoms with Crippen LogP contribution in [0.25, 0.3) is 0 Å². The molecule has 0 rings (SSSR count). The van der Waals surface area contributed by atoms with E-state index >= 15 is 0 Å². The van der Waals surface area contributed by atoms with Crippen LogP contribution in [0.5, 0.6) is 0 Å². The van der Waals surface area contributed by atoms with Crippen LogP contribution in [0.3, 0.4) is 0 Å². The fourth-order valence-electron chi connectivity index (χ4n) is 1.43. The molecule has 0 aromatic rings. The van der Waals surface area contributed by atoms with E-state index in [1.165, 1.54) is 0 Å². The van der Waals surface area contributed by atoms with Crippen molar-refractivity contribution in [3.05, 3.63) is 0 Å². The second-order valence-electron chi connectivity index (χ2n) is 4.52. The number of carbonyl (C=O) groups excluding carboxylic acids is 6. The second kappa shape index (κ2) is 32.8. The number of hydrogen-bond acceptors (Lipinski definition) is 14. The summed E-state index contributed by atoms with van der Waals surface area (Å²) in [5.41, 5.74) is 0. The Labute approximate surface area is 384 Å². The van der Waals surface area contributed by atoms with Gasteiger partial charge in [-0.05, 0) is 0 Å². The van der Waals surface area contributed by atoms with Gasteiger partial charge in [0.1, 0.15) is 0 Å². The zero-order valence-electron chi connectivity index (χ0n) is 17.7. The Morgan fingerprint density at radius 1 is 0.387 bits per heavy atom. The van der Waals surface area contributed by atoms with Gasteiger partial charge in [0.2, 0.25) is 0 Å². The maximum atomic E-state index is 9.99. The van der Waals surface area contributed by atoms with Crippen LogP contribution < -0.4 is 236 Å². The molecule has 0 aliphatic rings. The van der Waals surface area contributed by atoms with Crippen molar-refractivity contribution >= 4 is 81.3 Å². The van der Waals surface area contributed by atoms with E-state index in [0.29, 0.717) is 9.80 Å². The molecule has 0 atom stereocenters. The van der Waals surface area contributed by atoms with Gasteiger partial charge in [0.25, 0.3) is 0 Å². The van der Waals surface area contributed by atoms with Crippen LogP contribution in [0, 0.1) is 0 Å². The largest absolute Gasteiger partial charge is 2.00 e. The summed E-state index contributed by atoms with van der Waals surface area (Å²) in [6.07, 6.45) is 0. The van der Waals surface area contributed by atoms with Crippen molar-refractivity contribution < 1.29 is 265 Å². The number of carbonyl (C=O) groups is 6. The van der Waals surface area contributed by atoms with E-state index in [1.54, 1.807) is 0 Å². The van der Waals surface area contributed by atoms with Gasteiger partial charge in [-0.15, -0.1) is 0 Å². The van der Waals surface area contributed by atoms with Gasteiger partial charge in [-0.25, -0.2) is 0 Å². The first-order valence-corrected chi connectivity index (χ1v) is 6.47. The second-order valence-corrected chi connectivity index (χ2v) is 4.52. The van der Waals surface area contributed by atoms with Crippen LogP contribution in [0.15, 0.2) is 0 Å². The average Bonchev–Trinajstić information content (AvgIpc) is 2.33. The van der Waals surface area contributed by atoms with Gasteiger partial charge in [-0.1, -0.05) is 0 Å². The van der Waals surface area contributed by atoms with Crippen LogP contribution in [0.1, 0.15) is 0 Å². The summed E-state index contributed by atoms with van der Waals surface area (Å²) >= 11 is 0. The van der Waals surface area contributed by atoms with E-state index in [0.717, 1.165) is 0 Å². The van der Waals surface area contributed by atoms with Crippen molar-refractivity contribution in [3.63, 3.8) is 0 Å². The third kappa shape index (κ3) is 45.1. The van der Waals surface area contributed by atoms with Gasteiger partial charge in [-0.2, -0.15) is 0 Å². The Morgan fingerprint density at radius 3 is 0.548 bits per heavy atom. The fraction of sp³-hybridized carbons (Fsp3) is 0.500. The number of carboxylic acid groups (broad SMARTS) is 6. The Balaban J connectivity index is -0.0000000640. The van der Waals surface area contributed by atoms with E-state index in [9.17, 15) is 59.4 Å². The topological polar surface area (TPSA) is 247 Å². The number of aliphatic carboxylic acids is 6. The molecule has 31 heavy (non-hydrogen) atoms. The maximum absolute atomic E-state index is 9.99. The van der Waals surface area contributed by atoms with Crippen LogP contribution in [-0.4, -0.2) is 130 Å². The predicted octanol–water partition coefficient (Wildman–Crippen LogP) is -23.3. The summed E-state index contributed by atoms with van der Waals surface area (Å²) in [5, 5.41) is 60.0. The van der Waals surface area contributed by atoms with Crippen molar-refractivity contribution in [1.29, 1.82) is 0 Å². The molecule has 148 valence electrons. The molecule has 0 aromatic carbocycles. The zero-order valence-corrected chi connectivity index (χ0v) is 33.7. The monoisotopic (exact) mass is 620 g/mol. The molecule has 19 heteroatoms. The van der Waals surface area contributed by atoms with Gasteiger partial charge in [0.15, 0.2) is 0 Å². The minimum absolute atomic E-state index is 0. The molecule has 0 aliphatic carbocycles. The van der Waals surface area contributed by atoms with Gasteiger partial charge in [0.05, 0.1) is 35.8 Å². The minimum Gasteiger partial charge on any atom is -0.549 e. The molecule has 0 fully saturated rings. The summed E-state index contributed by atoms with van der Waals surface area (Å²) in [6, 6.07) is 0. The zero-order chi connectivity index (χ0) is 20.9. The van der Waals surface area contributed by atoms with Gasteiger partial charge in [0, 0.05) is 39.3 Å². The number of hydrogen-bond donors (Lipinski definition) is 0. The summed E-state index contributed by atoms with van der Waals surface area (Å²) < 4.78 is 0. The van der Waals surface area contributed by atoms with Gasteiger partial charge in [-0.3, -0.25) is 9.80 Å². The van der Waals surface area contributed by atoms with E-state index in [2.05, 4.69) is 0 Å². The molecule has 0 saturated carbocycles. The maximum Gasteiger partial charge on any atom is 2.00 e. The number of carboxylic acids is 6. The number of nitrogens with zero attached hydrogens (tertiary/aromatic N) is 2. The molecule has 0 aromatic heterocycles. The number of rotatable bonds is 12. The van der Waals surface area contributed by atoms with Crippen molar-refractivity contribution in [2.75, 3.05) is 39.3 Å². The van der Waals surface area contributed by atoms with Crippen LogP contribution in [0.4, 0.5) is 0 Å². The quantitative estimate of drug-likeness (QED) is 0.184. The molecular weight excluding hydrogens is 608 g/mol. The molecule has 0 bridgehead atoms. The van der Waals surface area contributed by atoms with Gasteiger partial charge < -0.3 is 59.4 Å². The molecule has 0 heterocycles. The summed E-state index contributed by atoms with van der Waals surface area (Å²) in [6.45, 7) is -4.74. The predicted molar refractivity (Wildman–Crippen MR) is 68.7 cm³/mol. The molecule has 0 radical (unpaired) electrons. The third-order valence-corrected chi connectivity index (χ3v) is 2.12. The van der Waals surface area contributed by atoms with E-state index in [-0.39, 0.29) is 251 Å². The Morgan fingerprint density at radius 2 is 0.484 bits per heavy atom. The van der Waals surface area contributed by atoms with Crippen molar-refractivity contribution in [3.8, 4) is 0 Å². The summed E-state index contributed by atoms with van der Waals surface area (Å²) in [7, 11) is 0. The Kier molecular flexibility index (Phi) is 55.3. The van der Waals surface area contributed by atoms with Crippen LogP contribution in [-0.2, 0) is 28.8 Å². The van der Waals surface area contributed by atoms with E-state index in [4.69, 9.17) is 0 Å². The molecule has 14 nitrogen and oxygen atoms in total.